The fraction of sp³-hybridized carbons (Fsp3) is 0.0909. The average molecular weight is 388 g/mol. The highest BCUT2D eigenvalue weighted by atomic mass is 79.9. The summed E-state index contributed by atoms with van der Waals surface area (Å²) in [4.78, 5) is 6.68. The molecule has 1 aromatic carbocycles. The van der Waals surface area contributed by atoms with E-state index in [4.69, 9.17) is 27.9 Å². The second-order valence-electron chi connectivity index (χ2n) is 3.54. The Morgan fingerprint density at radius 3 is 2.40 bits per heavy atom. The zero-order valence-corrected chi connectivity index (χ0v) is 12.5. The second kappa shape index (κ2) is 5.75. The molecule has 1 aromatic heterocycles. The lowest BCUT2D eigenvalue weighted by Gasteiger charge is -2.10. The third-order valence-electron chi connectivity index (χ3n) is 2.07. The van der Waals surface area contributed by atoms with Gasteiger partial charge in [0.15, 0.2) is 5.69 Å². The Kier molecular flexibility index (Phi) is 4.41. The summed E-state index contributed by atoms with van der Waals surface area (Å²) < 4.78 is 43.5. The standard InChI is InChI=1S/C11H4BrCl2F3N2O/c12-6-3-5(13)1-2-7(6)20-9-4-8(11(15,16)17)18-10(14)19-9/h1-4H. The average Bonchev–Trinajstić information content (AvgIpc) is 2.31. The molecule has 3 nitrogen and oxygen atoms in total. The van der Waals surface area contributed by atoms with E-state index in [2.05, 4.69) is 25.9 Å². The number of nitrogens with zero attached hydrogens (tertiary/aromatic N) is 2. The van der Waals surface area contributed by atoms with Gasteiger partial charge in [-0.25, -0.2) is 4.98 Å². The number of hydrogen-bond acceptors (Lipinski definition) is 3. The van der Waals surface area contributed by atoms with Crippen molar-refractivity contribution in [2.24, 2.45) is 0 Å². The Morgan fingerprint density at radius 1 is 1.10 bits per heavy atom. The van der Waals surface area contributed by atoms with E-state index in [1.165, 1.54) is 18.2 Å². The highest BCUT2D eigenvalue weighted by Gasteiger charge is 2.34. The Morgan fingerprint density at radius 2 is 1.80 bits per heavy atom. The van der Waals surface area contributed by atoms with E-state index >= 15 is 0 Å². The molecule has 2 aromatic rings. The van der Waals surface area contributed by atoms with Crippen LogP contribution in [0.3, 0.4) is 0 Å². The Labute approximate surface area is 129 Å². The molecular weight excluding hydrogens is 384 g/mol. The zero-order valence-electron chi connectivity index (χ0n) is 9.38. The van der Waals surface area contributed by atoms with Gasteiger partial charge in [0.2, 0.25) is 11.2 Å². The smallest absolute Gasteiger partial charge is 0.433 e. The van der Waals surface area contributed by atoms with Gasteiger partial charge < -0.3 is 4.74 Å². The van der Waals surface area contributed by atoms with Crippen molar-refractivity contribution in [3.05, 3.63) is 44.7 Å². The van der Waals surface area contributed by atoms with Crippen molar-refractivity contribution in [3.63, 3.8) is 0 Å². The number of aromatic nitrogens is 2. The minimum Gasteiger partial charge on any atom is -0.438 e. The molecule has 0 aliphatic carbocycles. The van der Waals surface area contributed by atoms with E-state index in [1.807, 2.05) is 0 Å². The number of ether oxygens (including phenoxy) is 1. The van der Waals surface area contributed by atoms with Crippen LogP contribution in [-0.4, -0.2) is 9.97 Å². The summed E-state index contributed by atoms with van der Waals surface area (Å²) in [6, 6.07) is 5.20. The van der Waals surface area contributed by atoms with Crippen molar-refractivity contribution < 1.29 is 17.9 Å². The molecule has 0 N–H and O–H groups in total. The first-order chi connectivity index (χ1) is 9.25. The quantitative estimate of drug-likeness (QED) is 0.651. The molecule has 0 radical (unpaired) electrons. The van der Waals surface area contributed by atoms with E-state index in [9.17, 15) is 13.2 Å². The van der Waals surface area contributed by atoms with Crippen LogP contribution in [0.1, 0.15) is 5.69 Å². The van der Waals surface area contributed by atoms with Gasteiger partial charge in [0.25, 0.3) is 0 Å². The first-order valence-corrected chi connectivity index (χ1v) is 6.55. The van der Waals surface area contributed by atoms with Crippen LogP contribution in [0.5, 0.6) is 11.6 Å². The van der Waals surface area contributed by atoms with E-state index in [0.717, 1.165) is 0 Å². The molecule has 0 amide bonds. The number of hydrogen-bond donors (Lipinski definition) is 0. The van der Waals surface area contributed by atoms with Crippen LogP contribution < -0.4 is 4.74 Å². The van der Waals surface area contributed by atoms with Crippen LogP contribution in [0.25, 0.3) is 0 Å². The van der Waals surface area contributed by atoms with E-state index in [1.54, 1.807) is 0 Å². The molecule has 2 rings (SSSR count). The molecule has 0 aliphatic rings. The summed E-state index contributed by atoms with van der Waals surface area (Å²) in [6.45, 7) is 0. The molecule has 0 spiro atoms. The monoisotopic (exact) mass is 386 g/mol. The molecule has 0 saturated heterocycles. The van der Waals surface area contributed by atoms with Gasteiger partial charge in [0, 0.05) is 11.1 Å². The molecule has 0 saturated carbocycles. The van der Waals surface area contributed by atoms with Gasteiger partial charge in [0.1, 0.15) is 5.75 Å². The van der Waals surface area contributed by atoms with Crippen molar-refractivity contribution in [3.8, 4) is 11.6 Å². The minimum absolute atomic E-state index is 0.247. The maximum Gasteiger partial charge on any atom is 0.433 e. The SMILES string of the molecule is FC(F)(F)c1cc(Oc2ccc(Cl)cc2Br)nc(Cl)n1. The zero-order chi connectivity index (χ0) is 14.9. The Bertz CT molecular complexity index is 652. The lowest BCUT2D eigenvalue weighted by Crippen LogP contribution is -2.09. The van der Waals surface area contributed by atoms with Gasteiger partial charge in [-0.05, 0) is 45.7 Å². The lowest BCUT2D eigenvalue weighted by atomic mass is 10.3. The van der Waals surface area contributed by atoms with E-state index < -0.39 is 17.2 Å². The number of halogens is 6. The van der Waals surface area contributed by atoms with Gasteiger partial charge in [-0.1, -0.05) is 11.6 Å². The lowest BCUT2D eigenvalue weighted by molar-refractivity contribution is -0.141. The molecule has 9 heteroatoms. The van der Waals surface area contributed by atoms with Crippen molar-refractivity contribution >= 4 is 39.1 Å². The van der Waals surface area contributed by atoms with Crippen molar-refractivity contribution in [2.45, 2.75) is 6.18 Å². The maximum absolute atomic E-state index is 12.6. The minimum atomic E-state index is -4.64. The third-order valence-corrected chi connectivity index (χ3v) is 3.10. The topological polar surface area (TPSA) is 35.0 Å². The van der Waals surface area contributed by atoms with Crippen LogP contribution in [0.4, 0.5) is 13.2 Å². The largest absolute Gasteiger partial charge is 0.438 e. The number of alkyl halides is 3. The fourth-order valence-electron chi connectivity index (χ4n) is 1.26. The van der Waals surface area contributed by atoms with Crippen LogP contribution >= 0.6 is 39.1 Å². The number of rotatable bonds is 2. The molecule has 0 fully saturated rings. The van der Waals surface area contributed by atoms with Crippen LogP contribution in [-0.2, 0) is 6.18 Å². The van der Waals surface area contributed by atoms with Crippen molar-refractivity contribution in [2.75, 3.05) is 0 Å². The summed E-state index contributed by atoms with van der Waals surface area (Å²) >= 11 is 14.4. The third kappa shape index (κ3) is 3.74. The maximum atomic E-state index is 12.6. The predicted octanol–water partition coefficient (Wildman–Crippen LogP) is 5.36. The Balaban J connectivity index is 2.36. The first kappa shape index (κ1) is 15.3. The molecular formula is C11H4BrCl2F3N2O. The molecule has 20 heavy (non-hydrogen) atoms. The van der Waals surface area contributed by atoms with Gasteiger partial charge in [0.05, 0.1) is 4.47 Å². The van der Waals surface area contributed by atoms with Gasteiger partial charge >= 0.3 is 6.18 Å². The molecule has 0 aliphatic heterocycles. The normalized spacial score (nSPS) is 11.5. The molecule has 0 bridgehead atoms. The summed E-state index contributed by atoms with van der Waals surface area (Å²) in [6.07, 6.45) is -4.64. The summed E-state index contributed by atoms with van der Waals surface area (Å²) in [5, 5.41) is -0.110. The van der Waals surface area contributed by atoms with Crippen molar-refractivity contribution in [1.29, 1.82) is 0 Å². The molecule has 0 atom stereocenters. The first-order valence-electron chi connectivity index (χ1n) is 5.00. The molecule has 106 valence electrons. The van der Waals surface area contributed by atoms with Gasteiger partial charge in [-0.3, -0.25) is 0 Å². The summed E-state index contributed by atoms with van der Waals surface area (Å²) in [5.41, 5.74) is -1.18. The number of benzene rings is 1. The van der Waals surface area contributed by atoms with Crippen LogP contribution in [0, 0.1) is 0 Å². The molecule has 0 unspecified atom stereocenters. The second-order valence-corrected chi connectivity index (χ2v) is 5.16. The van der Waals surface area contributed by atoms with Gasteiger partial charge in [-0.2, -0.15) is 18.2 Å². The fourth-order valence-corrected chi connectivity index (χ4v) is 2.20. The Hall–Kier alpha value is -1.05. The van der Waals surface area contributed by atoms with Gasteiger partial charge in [-0.15, -0.1) is 0 Å². The van der Waals surface area contributed by atoms with Crippen LogP contribution in [0.2, 0.25) is 10.3 Å². The van der Waals surface area contributed by atoms with Crippen molar-refractivity contribution in [1.82, 2.24) is 9.97 Å². The molecule has 1 heterocycles. The summed E-state index contributed by atoms with van der Waals surface area (Å²) in [5.74, 6) is -0.0716. The highest BCUT2D eigenvalue weighted by molar-refractivity contribution is 9.10. The highest BCUT2D eigenvalue weighted by Crippen LogP contribution is 2.34. The van der Waals surface area contributed by atoms with Crippen LogP contribution in [0.15, 0.2) is 28.7 Å². The van der Waals surface area contributed by atoms with E-state index in [-0.39, 0.29) is 11.6 Å². The predicted molar refractivity (Wildman–Crippen MR) is 71.3 cm³/mol. The summed E-state index contributed by atoms with van der Waals surface area (Å²) in [7, 11) is 0. The van der Waals surface area contributed by atoms with E-state index in [0.29, 0.717) is 15.6 Å².